The first-order chi connectivity index (χ1) is 4.20. The average molecular weight is 161 g/mol. The Morgan fingerprint density at radius 1 is 1.44 bits per heavy atom. The molecule has 0 unspecified atom stereocenters. The van der Waals surface area contributed by atoms with E-state index in [0.717, 1.165) is 15.4 Å². The summed E-state index contributed by atoms with van der Waals surface area (Å²) in [6, 6.07) is 4.75. The molecule has 3 heteroatoms. The zero-order valence-electron chi connectivity index (χ0n) is 4.99. The van der Waals surface area contributed by atoms with Crippen LogP contribution < -0.4 is 5.19 Å². The highest BCUT2D eigenvalue weighted by molar-refractivity contribution is 6.34. The van der Waals surface area contributed by atoms with Gasteiger partial charge in [0.2, 0.25) is 0 Å². The molecule has 9 heavy (non-hydrogen) atoms. The first-order valence-electron chi connectivity index (χ1n) is 2.62. The molecule has 0 N–H and O–H groups in total. The van der Waals surface area contributed by atoms with Gasteiger partial charge in [0.1, 0.15) is 5.82 Å². The maximum atomic E-state index is 12.5. The smallest absolute Gasteiger partial charge is 0.122 e. The number of halogens is 2. The molecule has 0 amide bonds. The summed E-state index contributed by atoms with van der Waals surface area (Å²) in [6.45, 7) is 0. The Bertz CT molecular complexity index is 224. The summed E-state index contributed by atoms with van der Waals surface area (Å²) in [7, 11) is 0.740. The van der Waals surface area contributed by atoms with E-state index < -0.39 is 0 Å². The average Bonchev–Trinajstić information content (AvgIpc) is 1.80. The minimum absolute atomic E-state index is 0.186. The van der Waals surface area contributed by atoms with Crippen molar-refractivity contribution in [2.24, 2.45) is 0 Å². The summed E-state index contributed by atoms with van der Waals surface area (Å²) in [6.07, 6.45) is 0. The predicted molar refractivity (Wildman–Crippen MR) is 41.0 cm³/mol. The van der Waals surface area contributed by atoms with Crippen LogP contribution in [0, 0.1) is 5.82 Å². The van der Waals surface area contributed by atoms with Crippen molar-refractivity contribution in [1.29, 1.82) is 0 Å². The van der Waals surface area contributed by atoms with Crippen molar-refractivity contribution in [3.63, 3.8) is 0 Å². The minimum atomic E-state index is -0.186. The van der Waals surface area contributed by atoms with Crippen LogP contribution in [0.3, 0.4) is 0 Å². The molecule has 0 radical (unpaired) electrons. The molecule has 1 aromatic carbocycles. The van der Waals surface area contributed by atoms with Gasteiger partial charge in [-0.1, -0.05) is 17.7 Å². The molecule has 0 aliphatic carbocycles. The van der Waals surface area contributed by atoms with Gasteiger partial charge in [0.05, 0.1) is 0 Å². The summed E-state index contributed by atoms with van der Waals surface area (Å²) in [5.74, 6) is -0.186. The van der Waals surface area contributed by atoms with Crippen LogP contribution >= 0.6 is 11.6 Å². The number of rotatable bonds is 0. The van der Waals surface area contributed by atoms with Crippen LogP contribution in [0.25, 0.3) is 0 Å². The second kappa shape index (κ2) is 2.50. The van der Waals surface area contributed by atoms with Crippen LogP contribution in [0.5, 0.6) is 0 Å². The molecule has 0 atom stereocenters. The van der Waals surface area contributed by atoms with Crippen LogP contribution in [0.2, 0.25) is 5.02 Å². The van der Waals surface area contributed by atoms with Gasteiger partial charge in [-0.05, 0) is 17.3 Å². The van der Waals surface area contributed by atoms with Crippen LogP contribution in [-0.2, 0) is 0 Å². The van der Waals surface area contributed by atoms with E-state index in [1.54, 1.807) is 12.1 Å². The molecular formula is C6H6ClFSi. The van der Waals surface area contributed by atoms with Crippen molar-refractivity contribution < 1.29 is 4.39 Å². The Labute approximate surface area is 61.1 Å². The van der Waals surface area contributed by atoms with Gasteiger partial charge in [0, 0.05) is 15.3 Å². The molecule has 0 aliphatic rings. The molecule has 48 valence electrons. The molecule has 0 saturated heterocycles. The maximum absolute atomic E-state index is 12.5. The van der Waals surface area contributed by atoms with E-state index in [1.807, 2.05) is 0 Å². The minimum Gasteiger partial charge on any atom is -0.207 e. The lowest BCUT2D eigenvalue weighted by atomic mass is 10.3. The maximum Gasteiger partial charge on any atom is 0.122 e. The van der Waals surface area contributed by atoms with Gasteiger partial charge in [-0.25, -0.2) is 4.39 Å². The van der Waals surface area contributed by atoms with Crippen molar-refractivity contribution in [2.45, 2.75) is 0 Å². The Hall–Kier alpha value is -0.343. The summed E-state index contributed by atoms with van der Waals surface area (Å²) in [5, 5.41) is 1.23. The van der Waals surface area contributed by atoms with Crippen molar-refractivity contribution >= 4 is 27.0 Å². The van der Waals surface area contributed by atoms with Crippen molar-refractivity contribution in [3.05, 3.63) is 29.0 Å². The number of hydrogen-bond donors (Lipinski definition) is 0. The lowest BCUT2D eigenvalue weighted by molar-refractivity contribution is 0.636. The van der Waals surface area contributed by atoms with E-state index in [4.69, 9.17) is 11.6 Å². The van der Waals surface area contributed by atoms with Gasteiger partial charge in [0.15, 0.2) is 0 Å². The zero-order valence-corrected chi connectivity index (χ0v) is 7.74. The molecule has 0 aromatic heterocycles. The fourth-order valence-corrected chi connectivity index (χ4v) is 1.04. The summed E-state index contributed by atoms with van der Waals surface area (Å²) < 4.78 is 12.5. The van der Waals surface area contributed by atoms with Crippen LogP contribution in [0.1, 0.15) is 0 Å². The summed E-state index contributed by atoms with van der Waals surface area (Å²) >= 11 is 5.49. The second-order valence-electron chi connectivity index (χ2n) is 1.89. The number of benzene rings is 1. The summed E-state index contributed by atoms with van der Waals surface area (Å²) in [4.78, 5) is 0. The second-order valence-corrected chi connectivity index (χ2v) is 3.41. The lowest BCUT2D eigenvalue weighted by Crippen LogP contribution is -2.06. The van der Waals surface area contributed by atoms with Gasteiger partial charge in [-0.15, -0.1) is 0 Å². The predicted octanol–water partition coefficient (Wildman–Crippen LogP) is 0.470. The van der Waals surface area contributed by atoms with E-state index in [-0.39, 0.29) is 5.82 Å². The normalized spacial score (nSPS) is 10.0. The highest BCUT2D eigenvalue weighted by Crippen LogP contribution is 2.06. The fourth-order valence-electron chi connectivity index (χ4n) is 0.567. The molecule has 0 aliphatic heterocycles. The van der Waals surface area contributed by atoms with Crippen molar-refractivity contribution in [2.75, 3.05) is 0 Å². The van der Waals surface area contributed by atoms with Crippen LogP contribution in [0.15, 0.2) is 18.2 Å². The van der Waals surface area contributed by atoms with Gasteiger partial charge in [-0.2, -0.15) is 0 Å². The third-order valence-electron chi connectivity index (χ3n) is 1.13. The third-order valence-corrected chi connectivity index (χ3v) is 2.18. The summed E-state index contributed by atoms with van der Waals surface area (Å²) in [5.41, 5.74) is 0. The van der Waals surface area contributed by atoms with Crippen molar-refractivity contribution in [3.8, 4) is 0 Å². The first-order valence-corrected chi connectivity index (χ1v) is 3.99. The fraction of sp³-hybridized carbons (Fsp3) is 0. The third kappa shape index (κ3) is 1.53. The standard InChI is InChI=1S/C6H6ClFSi/c7-4-1-2-6(9)5(8)3-4/h1-3H,9H3. The molecule has 1 rings (SSSR count). The quantitative estimate of drug-likeness (QED) is 0.484. The zero-order chi connectivity index (χ0) is 6.85. The lowest BCUT2D eigenvalue weighted by Gasteiger charge is -1.93. The molecule has 1 aromatic rings. The molecular weight excluding hydrogens is 155 g/mol. The van der Waals surface area contributed by atoms with Gasteiger partial charge >= 0.3 is 0 Å². The SMILES string of the molecule is Fc1cc(Cl)ccc1[SiH3]. The van der Waals surface area contributed by atoms with Crippen LogP contribution in [-0.4, -0.2) is 10.2 Å². The molecule has 0 nitrogen and oxygen atoms in total. The highest BCUT2D eigenvalue weighted by Gasteiger charge is 1.94. The van der Waals surface area contributed by atoms with E-state index in [9.17, 15) is 4.39 Å². The Morgan fingerprint density at radius 2 is 2.11 bits per heavy atom. The van der Waals surface area contributed by atoms with E-state index in [2.05, 4.69) is 0 Å². The number of hydrogen-bond acceptors (Lipinski definition) is 0. The van der Waals surface area contributed by atoms with E-state index in [0.29, 0.717) is 5.02 Å². The van der Waals surface area contributed by atoms with Crippen LogP contribution in [0.4, 0.5) is 4.39 Å². The molecule has 0 spiro atoms. The Morgan fingerprint density at radius 3 is 2.56 bits per heavy atom. The monoisotopic (exact) mass is 160 g/mol. The van der Waals surface area contributed by atoms with E-state index >= 15 is 0 Å². The largest absolute Gasteiger partial charge is 0.207 e. The Balaban J connectivity index is 3.17. The van der Waals surface area contributed by atoms with E-state index in [1.165, 1.54) is 6.07 Å². The first kappa shape index (κ1) is 6.77. The molecule has 0 heterocycles. The molecule has 0 fully saturated rings. The molecule has 0 saturated carbocycles. The topological polar surface area (TPSA) is 0 Å². The highest BCUT2D eigenvalue weighted by atomic mass is 35.5. The molecule has 0 bridgehead atoms. The van der Waals surface area contributed by atoms with Gasteiger partial charge in [-0.3, -0.25) is 0 Å². The van der Waals surface area contributed by atoms with Gasteiger partial charge in [0.25, 0.3) is 0 Å². The Kier molecular flexibility index (Phi) is 1.88. The van der Waals surface area contributed by atoms with Gasteiger partial charge < -0.3 is 0 Å². The van der Waals surface area contributed by atoms with Crippen molar-refractivity contribution in [1.82, 2.24) is 0 Å².